The van der Waals surface area contributed by atoms with Crippen LogP contribution in [0.3, 0.4) is 0 Å². The van der Waals surface area contributed by atoms with Crippen molar-refractivity contribution in [2.45, 2.75) is 64.2 Å². The number of alkyl halides is 3. The number of hydrogen-bond acceptors (Lipinski definition) is 5. The summed E-state index contributed by atoms with van der Waals surface area (Å²) in [6.45, 7) is 9.56. The molecule has 0 aliphatic heterocycles. The molecule has 1 amide bonds. The zero-order chi connectivity index (χ0) is 22.1. The fourth-order valence-corrected chi connectivity index (χ4v) is 2.62. The standard InChI is InChI=1S/C17H25F4N3O3S/c1-15(2,3)27-14(25)23-11-8-9(7-10(12(11)18)17(19,20)21)13(22)24-28(26)16(4,5)6/h7-8,13,24H,22H2,1-6H3,(H,23,25)/t13-,28+/m0/s1. The lowest BCUT2D eigenvalue weighted by Gasteiger charge is -2.27. The molecule has 6 nitrogen and oxygen atoms in total. The van der Waals surface area contributed by atoms with Crippen LogP contribution in [-0.2, 0) is 22.3 Å². The molecule has 0 saturated heterocycles. The van der Waals surface area contributed by atoms with Crippen molar-refractivity contribution in [2.75, 3.05) is 5.32 Å². The van der Waals surface area contributed by atoms with Crippen molar-refractivity contribution < 1.29 is 31.6 Å². The van der Waals surface area contributed by atoms with Crippen molar-refractivity contribution >= 4 is 23.1 Å². The molecule has 0 aliphatic carbocycles. The first kappa shape index (κ1) is 24.5. The van der Waals surface area contributed by atoms with Gasteiger partial charge in [-0.1, -0.05) is 0 Å². The molecule has 4 N–H and O–H groups in total. The van der Waals surface area contributed by atoms with Gasteiger partial charge < -0.3 is 15.0 Å². The summed E-state index contributed by atoms with van der Waals surface area (Å²) in [7, 11) is 0. The highest BCUT2D eigenvalue weighted by Gasteiger charge is 2.37. The minimum Gasteiger partial charge on any atom is -0.598 e. The monoisotopic (exact) mass is 427 g/mol. The Hall–Kier alpha value is -1.56. The van der Waals surface area contributed by atoms with Crippen molar-refractivity contribution in [3.05, 3.63) is 29.1 Å². The first-order chi connectivity index (χ1) is 12.4. The van der Waals surface area contributed by atoms with Crippen LogP contribution in [0.4, 0.5) is 28.0 Å². The Balaban J connectivity index is 3.30. The predicted octanol–water partition coefficient (Wildman–Crippen LogP) is 4.20. The van der Waals surface area contributed by atoms with Gasteiger partial charge in [0.05, 0.1) is 11.3 Å². The highest BCUT2D eigenvalue weighted by molar-refractivity contribution is 7.90. The molecule has 0 aliphatic rings. The number of halogens is 4. The highest BCUT2D eigenvalue weighted by atomic mass is 32.2. The number of benzene rings is 1. The van der Waals surface area contributed by atoms with Crippen molar-refractivity contribution in [3.8, 4) is 0 Å². The van der Waals surface area contributed by atoms with E-state index in [-0.39, 0.29) is 5.56 Å². The van der Waals surface area contributed by atoms with Crippen molar-refractivity contribution in [1.29, 1.82) is 0 Å². The van der Waals surface area contributed by atoms with Crippen LogP contribution in [0.25, 0.3) is 0 Å². The Morgan fingerprint density at radius 1 is 1.18 bits per heavy atom. The van der Waals surface area contributed by atoms with Crippen LogP contribution in [0.2, 0.25) is 0 Å². The second-order valence-corrected chi connectivity index (χ2v) is 10.0. The number of ether oxygens (including phenoxy) is 1. The number of amides is 1. The number of anilines is 1. The molecule has 0 unspecified atom stereocenters. The van der Waals surface area contributed by atoms with E-state index >= 15 is 0 Å². The van der Waals surface area contributed by atoms with Gasteiger partial charge in [-0.3, -0.25) is 5.32 Å². The van der Waals surface area contributed by atoms with Gasteiger partial charge in [0, 0.05) is 11.4 Å². The van der Waals surface area contributed by atoms with Gasteiger partial charge >= 0.3 is 12.3 Å². The van der Waals surface area contributed by atoms with E-state index in [0.717, 1.165) is 6.07 Å². The normalized spacial score (nSPS) is 15.1. The summed E-state index contributed by atoms with van der Waals surface area (Å²) in [6.07, 6.45) is -7.47. The summed E-state index contributed by atoms with van der Waals surface area (Å²) in [5.41, 5.74) is 2.30. The molecule has 0 saturated carbocycles. The van der Waals surface area contributed by atoms with Gasteiger partial charge in [0.1, 0.15) is 16.5 Å². The minimum absolute atomic E-state index is 0.211. The summed E-state index contributed by atoms with van der Waals surface area (Å²) in [5, 5.41) is 1.96. The zero-order valence-electron chi connectivity index (χ0n) is 16.5. The molecular formula is C17H25F4N3O3S. The third kappa shape index (κ3) is 7.12. The molecule has 2 atom stereocenters. The lowest BCUT2D eigenvalue weighted by atomic mass is 10.1. The van der Waals surface area contributed by atoms with Crippen LogP contribution in [0.1, 0.15) is 58.8 Å². The van der Waals surface area contributed by atoms with Crippen LogP contribution < -0.4 is 15.8 Å². The summed E-state index contributed by atoms with van der Waals surface area (Å²) in [4.78, 5) is 11.9. The van der Waals surface area contributed by atoms with Gasteiger partial charge in [0.25, 0.3) is 0 Å². The third-order valence-electron chi connectivity index (χ3n) is 3.19. The predicted molar refractivity (Wildman–Crippen MR) is 99.2 cm³/mol. The average Bonchev–Trinajstić information content (AvgIpc) is 2.44. The fraction of sp³-hybridized carbons (Fsp3) is 0.588. The Labute approximate surface area is 164 Å². The topological polar surface area (TPSA) is 99.4 Å². The van der Waals surface area contributed by atoms with E-state index in [0.29, 0.717) is 6.07 Å². The number of hydrogen-bond donors (Lipinski definition) is 3. The number of nitrogens with two attached hydrogens (primary N) is 1. The lowest BCUT2D eigenvalue weighted by molar-refractivity contribution is -0.140. The number of nitrogens with one attached hydrogen (secondary N) is 2. The first-order valence-corrected chi connectivity index (χ1v) is 9.41. The number of carbonyl (C=O) groups is 1. The van der Waals surface area contributed by atoms with Gasteiger partial charge in [0.15, 0.2) is 5.82 Å². The van der Waals surface area contributed by atoms with E-state index in [1.807, 2.05) is 5.32 Å². The molecular weight excluding hydrogens is 402 g/mol. The van der Waals surface area contributed by atoms with Crippen LogP contribution in [0.15, 0.2) is 12.1 Å². The maximum atomic E-state index is 14.3. The third-order valence-corrected chi connectivity index (χ3v) is 4.77. The molecule has 11 heteroatoms. The van der Waals surface area contributed by atoms with E-state index in [1.165, 1.54) is 0 Å². The number of rotatable bonds is 4. The Kier molecular flexibility index (Phi) is 7.38. The second-order valence-electron chi connectivity index (χ2n) is 8.03. The van der Waals surface area contributed by atoms with Crippen LogP contribution in [0.5, 0.6) is 0 Å². The molecule has 1 aromatic carbocycles. The minimum atomic E-state index is -5.03. The Morgan fingerprint density at radius 3 is 2.14 bits per heavy atom. The van der Waals surface area contributed by atoms with E-state index in [1.54, 1.807) is 41.5 Å². The molecule has 160 valence electrons. The summed E-state index contributed by atoms with van der Waals surface area (Å²) in [5.74, 6) is -1.67. The molecule has 0 heterocycles. The Morgan fingerprint density at radius 2 is 1.71 bits per heavy atom. The van der Waals surface area contributed by atoms with E-state index in [2.05, 4.69) is 4.72 Å². The van der Waals surface area contributed by atoms with Crippen molar-refractivity contribution in [2.24, 2.45) is 5.73 Å². The van der Waals surface area contributed by atoms with Crippen LogP contribution in [-0.4, -0.2) is 21.0 Å². The summed E-state index contributed by atoms with van der Waals surface area (Å²) in [6, 6.07) is 1.44. The van der Waals surface area contributed by atoms with Crippen molar-refractivity contribution in [1.82, 2.24) is 4.72 Å². The largest absolute Gasteiger partial charge is 0.598 e. The molecule has 0 aromatic heterocycles. The van der Waals surface area contributed by atoms with Gasteiger partial charge in [-0.25, -0.2) is 9.18 Å². The number of carbonyl (C=O) groups excluding carboxylic acids is 1. The molecule has 28 heavy (non-hydrogen) atoms. The van der Waals surface area contributed by atoms with Gasteiger partial charge in [-0.15, -0.1) is 4.72 Å². The fourth-order valence-electron chi connectivity index (χ4n) is 1.90. The quantitative estimate of drug-likeness (QED) is 0.380. The average molecular weight is 427 g/mol. The maximum absolute atomic E-state index is 14.3. The first-order valence-electron chi connectivity index (χ1n) is 8.26. The maximum Gasteiger partial charge on any atom is 0.419 e. The SMILES string of the molecule is CC(C)(C)OC(=O)Nc1cc([C@@H](N)N[S@+]([O-])C(C)(C)C)cc(C(F)(F)F)c1F. The molecule has 1 rings (SSSR count). The van der Waals surface area contributed by atoms with Crippen molar-refractivity contribution in [3.63, 3.8) is 0 Å². The molecule has 0 bridgehead atoms. The second kappa shape index (κ2) is 8.44. The molecule has 0 radical (unpaired) electrons. The van der Waals surface area contributed by atoms with E-state index in [4.69, 9.17) is 10.5 Å². The molecule has 0 spiro atoms. The Bertz CT molecular complexity index is 715. The zero-order valence-corrected chi connectivity index (χ0v) is 17.3. The smallest absolute Gasteiger partial charge is 0.419 e. The summed E-state index contributed by atoms with van der Waals surface area (Å²) >= 11 is -1.69. The highest BCUT2D eigenvalue weighted by Crippen LogP contribution is 2.36. The van der Waals surface area contributed by atoms with Gasteiger partial charge in [0.2, 0.25) is 0 Å². The molecule has 0 fully saturated rings. The van der Waals surface area contributed by atoms with Gasteiger partial charge in [-0.05, 0) is 59.2 Å². The summed E-state index contributed by atoms with van der Waals surface area (Å²) < 4.78 is 72.9. The van der Waals surface area contributed by atoms with Crippen LogP contribution >= 0.6 is 0 Å². The van der Waals surface area contributed by atoms with E-state index in [9.17, 15) is 26.9 Å². The van der Waals surface area contributed by atoms with Gasteiger partial charge in [-0.2, -0.15) is 13.2 Å². The van der Waals surface area contributed by atoms with Crippen LogP contribution in [0, 0.1) is 5.82 Å². The lowest BCUT2D eigenvalue weighted by Crippen LogP contribution is -2.44. The molecule has 1 aromatic rings. The van der Waals surface area contributed by atoms with E-state index < -0.39 is 57.2 Å².